The molecule has 7 heteroatoms. The average molecular weight is 311 g/mol. The molecule has 21 heavy (non-hydrogen) atoms. The molecule has 0 saturated carbocycles. The molecule has 0 radical (unpaired) electrons. The average Bonchev–Trinajstić information content (AvgIpc) is 2.88. The normalized spacial score (nSPS) is 17.1. The topological polar surface area (TPSA) is 82.5 Å². The number of amides is 2. The largest absolute Gasteiger partial charge is 0.481 e. The molecule has 0 aromatic carbocycles. The molecule has 1 heterocycles. The summed E-state index contributed by atoms with van der Waals surface area (Å²) in [7, 11) is 1.77. The predicted octanol–water partition coefficient (Wildman–Crippen LogP) is 2.20. The van der Waals surface area contributed by atoms with E-state index in [1.165, 1.54) is 4.88 Å². The number of nitrogens with zero attached hydrogens (tertiary/aromatic N) is 2. The Hall–Kier alpha value is -1.63. The number of urea groups is 1. The van der Waals surface area contributed by atoms with Crippen LogP contribution < -0.4 is 5.32 Å². The van der Waals surface area contributed by atoms with E-state index in [1.807, 2.05) is 0 Å². The first-order valence-electron chi connectivity index (χ1n) is 7.23. The molecule has 2 N–H and O–H groups in total. The summed E-state index contributed by atoms with van der Waals surface area (Å²) in [6.45, 7) is 2.24. The first-order chi connectivity index (χ1) is 10.0. The molecule has 1 aromatic rings. The zero-order valence-corrected chi connectivity index (χ0v) is 13.2. The first kappa shape index (κ1) is 15.8. The number of aliphatic carboxylic acids is 1. The van der Waals surface area contributed by atoms with E-state index in [0.29, 0.717) is 0 Å². The number of aromatic nitrogens is 1. The number of carboxylic acid groups (broad SMARTS) is 1. The fourth-order valence-electron chi connectivity index (χ4n) is 2.51. The predicted molar refractivity (Wildman–Crippen MR) is 80.6 cm³/mol. The van der Waals surface area contributed by atoms with Gasteiger partial charge in [0.2, 0.25) is 0 Å². The Kier molecular flexibility index (Phi) is 5.17. The lowest BCUT2D eigenvalue weighted by atomic mass is 9.97. The van der Waals surface area contributed by atoms with E-state index in [9.17, 15) is 9.59 Å². The highest BCUT2D eigenvalue weighted by Gasteiger charge is 2.29. The molecule has 1 unspecified atom stereocenters. The van der Waals surface area contributed by atoms with E-state index in [-0.39, 0.29) is 25.0 Å². The zero-order chi connectivity index (χ0) is 15.4. The van der Waals surface area contributed by atoms with Gasteiger partial charge in [0, 0.05) is 13.6 Å². The fraction of sp³-hybridized carbons (Fsp3) is 0.643. The number of carbonyl (C=O) groups is 2. The number of nitrogens with one attached hydrogen (secondary N) is 1. The number of thiazole rings is 1. The third kappa shape index (κ3) is 3.72. The van der Waals surface area contributed by atoms with Crippen LogP contribution in [0.5, 0.6) is 0 Å². The van der Waals surface area contributed by atoms with Crippen LogP contribution in [0.2, 0.25) is 0 Å². The molecular weight excluding hydrogens is 290 g/mol. The molecule has 0 saturated heterocycles. The summed E-state index contributed by atoms with van der Waals surface area (Å²) in [6.07, 6.45) is 3.80. The molecule has 1 aliphatic carbocycles. The lowest BCUT2D eigenvalue weighted by Gasteiger charge is -2.30. The van der Waals surface area contributed by atoms with Crippen molar-refractivity contribution in [2.24, 2.45) is 0 Å². The quantitative estimate of drug-likeness (QED) is 0.873. The van der Waals surface area contributed by atoms with E-state index < -0.39 is 5.97 Å². The molecule has 0 spiro atoms. The van der Waals surface area contributed by atoms with Gasteiger partial charge in [-0.25, -0.2) is 9.78 Å². The van der Waals surface area contributed by atoms with Crippen LogP contribution in [0, 0.1) is 0 Å². The van der Waals surface area contributed by atoms with Crippen LogP contribution in [-0.2, 0) is 17.6 Å². The van der Waals surface area contributed by atoms with Gasteiger partial charge in [-0.2, -0.15) is 0 Å². The van der Waals surface area contributed by atoms with E-state index in [0.717, 1.165) is 36.4 Å². The molecule has 116 valence electrons. The fourth-order valence-corrected chi connectivity index (χ4v) is 3.74. The molecule has 1 aliphatic rings. The number of carbonyl (C=O) groups excluding carboxylic acids is 1. The highest BCUT2D eigenvalue weighted by atomic mass is 32.1. The summed E-state index contributed by atoms with van der Waals surface area (Å²) in [5, 5.41) is 12.4. The second-order valence-corrected chi connectivity index (χ2v) is 6.28. The van der Waals surface area contributed by atoms with Crippen molar-refractivity contribution in [3.8, 4) is 0 Å². The number of aryl methyl sites for hydroxylation is 2. The van der Waals surface area contributed by atoms with Gasteiger partial charge in [-0.1, -0.05) is 6.92 Å². The van der Waals surface area contributed by atoms with Gasteiger partial charge in [-0.05, 0) is 25.7 Å². The number of hydrogen-bond donors (Lipinski definition) is 2. The highest BCUT2D eigenvalue weighted by Crippen LogP contribution is 2.37. The molecular formula is C14H21N3O3S. The Morgan fingerprint density at radius 1 is 1.52 bits per heavy atom. The third-order valence-electron chi connectivity index (χ3n) is 3.67. The summed E-state index contributed by atoms with van der Waals surface area (Å²) >= 11 is 1.69. The van der Waals surface area contributed by atoms with Crippen molar-refractivity contribution < 1.29 is 14.7 Å². The van der Waals surface area contributed by atoms with Gasteiger partial charge in [0.05, 0.1) is 28.0 Å². The number of carboxylic acids is 1. The van der Waals surface area contributed by atoms with Gasteiger partial charge < -0.3 is 15.3 Å². The Balaban J connectivity index is 2.03. The molecule has 0 aliphatic heterocycles. The molecule has 0 fully saturated rings. The van der Waals surface area contributed by atoms with Crippen LogP contribution in [0.1, 0.15) is 47.8 Å². The Bertz CT molecular complexity index is 530. The smallest absolute Gasteiger partial charge is 0.317 e. The van der Waals surface area contributed by atoms with Crippen molar-refractivity contribution in [3.63, 3.8) is 0 Å². The molecule has 1 aromatic heterocycles. The zero-order valence-electron chi connectivity index (χ0n) is 12.4. The molecule has 6 nitrogen and oxygen atoms in total. The van der Waals surface area contributed by atoms with E-state index >= 15 is 0 Å². The van der Waals surface area contributed by atoms with Crippen LogP contribution in [-0.4, -0.2) is 40.6 Å². The molecule has 0 bridgehead atoms. The minimum atomic E-state index is -0.909. The van der Waals surface area contributed by atoms with Gasteiger partial charge >= 0.3 is 12.0 Å². The minimum Gasteiger partial charge on any atom is -0.481 e. The lowest BCUT2D eigenvalue weighted by Crippen LogP contribution is -2.41. The van der Waals surface area contributed by atoms with Crippen LogP contribution >= 0.6 is 11.3 Å². The molecule has 2 rings (SSSR count). The maximum Gasteiger partial charge on any atom is 0.317 e. The second kappa shape index (κ2) is 6.89. The van der Waals surface area contributed by atoms with Crippen molar-refractivity contribution in [1.82, 2.24) is 15.2 Å². The maximum absolute atomic E-state index is 12.1. The van der Waals surface area contributed by atoms with E-state index in [2.05, 4.69) is 17.2 Å². The Morgan fingerprint density at radius 2 is 2.29 bits per heavy atom. The van der Waals surface area contributed by atoms with Gasteiger partial charge in [-0.15, -0.1) is 11.3 Å². The van der Waals surface area contributed by atoms with Crippen LogP contribution in [0.3, 0.4) is 0 Å². The van der Waals surface area contributed by atoms with Crippen molar-refractivity contribution in [1.29, 1.82) is 0 Å². The number of fused-ring (bicyclic) bond motifs is 1. The van der Waals surface area contributed by atoms with Crippen LogP contribution in [0.15, 0.2) is 0 Å². The Labute approximate surface area is 128 Å². The molecule has 2 amide bonds. The lowest BCUT2D eigenvalue weighted by molar-refractivity contribution is -0.136. The maximum atomic E-state index is 12.1. The van der Waals surface area contributed by atoms with Gasteiger partial charge in [0.15, 0.2) is 0 Å². The van der Waals surface area contributed by atoms with Crippen LogP contribution in [0.25, 0.3) is 0 Å². The van der Waals surface area contributed by atoms with Crippen molar-refractivity contribution in [2.45, 2.75) is 45.1 Å². The van der Waals surface area contributed by atoms with E-state index in [4.69, 9.17) is 5.11 Å². The van der Waals surface area contributed by atoms with Crippen molar-refractivity contribution in [3.05, 3.63) is 15.6 Å². The summed E-state index contributed by atoms with van der Waals surface area (Å²) in [6, 6.07) is -0.170. The summed E-state index contributed by atoms with van der Waals surface area (Å²) in [4.78, 5) is 30.1. The third-order valence-corrected chi connectivity index (χ3v) is 5.01. The van der Waals surface area contributed by atoms with Crippen LogP contribution in [0.4, 0.5) is 4.79 Å². The van der Waals surface area contributed by atoms with Gasteiger partial charge in [0.25, 0.3) is 0 Å². The molecule has 1 atom stereocenters. The monoisotopic (exact) mass is 311 g/mol. The number of rotatable bonds is 5. The highest BCUT2D eigenvalue weighted by molar-refractivity contribution is 7.11. The Morgan fingerprint density at radius 3 is 2.95 bits per heavy atom. The van der Waals surface area contributed by atoms with Gasteiger partial charge in [-0.3, -0.25) is 4.79 Å². The van der Waals surface area contributed by atoms with Crippen molar-refractivity contribution >= 4 is 23.3 Å². The number of hydrogen-bond acceptors (Lipinski definition) is 4. The summed E-state index contributed by atoms with van der Waals surface area (Å²) in [5.74, 6) is -0.909. The standard InChI is InChI=1S/C14H21N3O3S/c1-3-11-16-9-5-4-6-10(13(9)21-11)17(2)14(20)15-8-7-12(18)19/h10H,3-8H2,1-2H3,(H,15,20)(H,18,19). The SMILES string of the molecule is CCc1nc2c(s1)C(N(C)C(=O)NCCC(=O)O)CCC2. The second-order valence-electron chi connectivity index (χ2n) is 5.17. The minimum absolute atomic E-state index is 0.0522. The summed E-state index contributed by atoms with van der Waals surface area (Å²) < 4.78 is 0. The first-order valence-corrected chi connectivity index (χ1v) is 8.05. The summed E-state index contributed by atoms with van der Waals surface area (Å²) in [5.41, 5.74) is 1.12. The van der Waals surface area contributed by atoms with Gasteiger partial charge in [0.1, 0.15) is 0 Å². The van der Waals surface area contributed by atoms with E-state index in [1.54, 1.807) is 23.3 Å². The van der Waals surface area contributed by atoms with Crippen molar-refractivity contribution in [2.75, 3.05) is 13.6 Å².